The predicted molar refractivity (Wildman–Crippen MR) is 42.2 cm³/mol. The van der Waals surface area contributed by atoms with Crippen molar-refractivity contribution in [1.82, 2.24) is 9.55 Å². The van der Waals surface area contributed by atoms with Gasteiger partial charge in [0.2, 0.25) is 0 Å². The summed E-state index contributed by atoms with van der Waals surface area (Å²) in [6, 6.07) is 0. The van der Waals surface area contributed by atoms with Crippen LogP contribution in [-0.4, -0.2) is 20.6 Å². The van der Waals surface area contributed by atoms with E-state index in [2.05, 4.69) is 20.9 Å². The first-order chi connectivity index (χ1) is 5.20. The Morgan fingerprint density at radius 1 is 1.82 bits per heavy atom. The molecule has 1 N–H and O–H groups in total. The number of aryl methyl sites for hydroxylation is 1. The molecule has 0 saturated heterocycles. The summed E-state index contributed by atoms with van der Waals surface area (Å²) < 4.78 is 2.40. The average molecular weight is 219 g/mol. The first kappa shape index (κ1) is 8.26. The lowest BCUT2D eigenvalue weighted by atomic mass is 10.4. The molecule has 0 atom stereocenters. The Bertz CT molecular complexity index is 259. The molecule has 0 radical (unpaired) electrons. The van der Waals surface area contributed by atoms with Crippen LogP contribution in [0.2, 0.25) is 0 Å². The average Bonchev–Trinajstić information content (AvgIpc) is 2.31. The minimum Gasteiger partial charge on any atom is -0.481 e. The third-order valence-corrected chi connectivity index (χ3v) is 1.89. The maximum Gasteiger partial charge on any atom is 0.305 e. The van der Waals surface area contributed by atoms with Crippen molar-refractivity contribution in [3.8, 4) is 0 Å². The predicted octanol–water partition coefficient (Wildman–Crippen LogP) is 1.12. The number of carboxylic acid groups (broad SMARTS) is 1. The number of aromatic nitrogens is 2. The van der Waals surface area contributed by atoms with Crippen molar-refractivity contribution in [2.24, 2.45) is 0 Å². The van der Waals surface area contributed by atoms with Crippen LogP contribution in [0.4, 0.5) is 0 Å². The molecule has 0 aliphatic carbocycles. The zero-order chi connectivity index (χ0) is 8.27. The number of carboxylic acids is 1. The minimum atomic E-state index is -0.800. The third-order valence-electron chi connectivity index (χ3n) is 1.23. The molecule has 0 aliphatic rings. The second-order valence-electron chi connectivity index (χ2n) is 2.03. The summed E-state index contributed by atoms with van der Waals surface area (Å²) in [6.45, 7) is 0.454. The van der Waals surface area contributed by atoms with Gasteiger partial charge in [-0.15, -0.1) is 0 Å². The Morgan fingerprint density at radius 3 is 3.00 bits per heavy atom. The van der Waals surface area contributed by atoms with Crippen molar-refractivity contribution in [1.29, 1.82) is 0 Å². The van der Waals surface area contributed by atoms with Crippen LogP contribution < -0.4 is 0 Å². The molecule has 4 nitrogen and oxygen atoms in total. The smallest absolute Gasteiger partial charge is 0.305 e. The SMILES string of the molecule is O=C(O)CCn1ccnc1Br. The van der Waals surface area contributed by atoms with E-state index in [1.54, 1.807) is 17.0 Å². The molecular weight excluding hydrogens is 212 g/mol. The molecule has 60 valence electrons. The molecule has 1 heterocycles. The van der Waals surface area contributed by atoms with E-state index >= 15 is 0 Å². The van der Waals surface area contributed by atoms with Crippen molar-refractivity contribution in [3.05, 3.63) is 17.1 Å². The number of hydrogen-bond donors (Lipinski definition) is 1. The van der Waals surface area contributed by atoms with Crippen LogP contribution in [-0.2, 0) is 11.3 Å². The highest BCUT2D eigenvalue weighted by Gasteiger charge is 2.00. The highest BCUT2D eigenvalue weighted by atomic mass is 79.9. The second-order valence-corrected chi connectivity index (χ2v) is 2.74. The lowest BCUT2D eigenvalue weighted by Crippen LogP contribution is -2.03. The van der Waals surface area contributed by atoms with Crippen molar-refractivity contribution >= 4 is 21.9 Å². The van der Waals surface area contributed by atoms with Crippen LogP contribution in [0, 0.1) is 0 Å². The standard InChI is InChI=1S/C6H7BrN2O2/c7-6-8-2-4-9(6)3-1-5(10)11/h2,4H,1,3H2,(H,10,11). The fourth-order valence-corrected chi connectivity index (χ4v) is 1.11. The van der Waals surface area contributed by atoms with E-state index in [4.69, 9.17) is 5.11 Å². The zero-order valence-electron chi connectivity index (χ0n) is 5.70. The van der Waals surface area contributed by atoms with E-state index in [1.807, 2.05) is 0 Å². The van der Waals surface area contributed by atoms with E-state index in [0.717, 1.165) is 0 Å². The first-order valence-corrected chi connectivity index (χ1v) is 3.88. The van der Waals surface area contributed by atoms with E-state index in [-0.39, 0.29) is 6.42 Å². The molecule has 0 saturated carbocycles. The first-order valence-electron chi connectivity index (χ1n) is 3.08. The molecule has 1 aromatic rings. The van der Waals surface area contributed by atoms with Crippen LogP contribution in [0.3, 0.4) is 0 Å². The molecule has 0 spiro atoms. The van der Waals surface area contributed by atoms with Gasteiger partial charge >= 0.3 is 5.97 Å². The molecule has 0 bridgehead atoms. The summed E-state index contributed by atoms with van der Waals surface area (Å²) in [7, 11) is 0. The molecular formula is C6H7BrN2O2. The molecule has 5 heteroatoms. The topological polar surface area (TPSA) is 55.1 Å². The Morgan fingerprint density at radius 2 is 2.55 bits per heavy atom. The van der Waals surface area contributed by atoms with Gasteiger partial charge in [-0.3, -0.25) is 4.79 Å². The molecule has 0 unspecified atom stereocenters. The zero-order valence-corrected chi connectivity index (χ0v) is 7.28. The maximum absolute atomic E-state index is 10.2. The molecule has 0 fully saturated rings. The van der Waals surface area contributed by atoms with Crippen molar-refractivity contribution < 1.29 is 9.90 Å². The Balaban J connectivity index is 2.51. The summed E-state index contributed by atoms with van der Waals surface area (Å²) in [5.41, 5.74) is 0. The highest BCUT2D eigenvalue weighted by Crippen LogP contribution is 2.06. The van der Waals surface area contributed by atoms with Crippen LogP contribution in [0.25, 0.3) is 0 Å². The van der Waals surface area contributed by atoms with Gasteiger partial charge in [0.15, 0.2) is 4.73 Å². The van der Waals surface area contributed by atoms with Gasteiger partial charge in [0.05, 0.1) is 6.42 Å². The molecule has 0 amide bonds. The number of halogens is 1. The monoisotopic (exact) mass is 218 g/mol. The van der Waals surface area contributed by atoms with Crippen LogP contribution in [0.1, 0.15) is 6.42 Å². The third kappa shape index (κ3) is 2.34. The lowest BCUT2D eigenvalue weighted by molar-refractivity contribution is -0.137. The Labute approximate surface area is 72.0 Å². The van der Waals surface area contributed by atoms with Gasteiger partial charge in [0, 0.05) is 18.9 Å². The van der Waals surface area contributed by atoms with Gasteiger partial charge in [0.1, 0.15) is 0 Å². The van der Waals surface area contributed by atoms with Crippen molar-refractivity contribution in [2.45, 2.75) is 13.0 Å². The minimum absolute atomic E-state index is 0.120. The van der Waals surface area contributed by atoms with Crippen molar-refractivity contribution in [3.63, 3.8) is 0 Å². The highest BCUT2D eigenvalue weighted by molar-refractivity contribution is 9.10. The fraction of sp³-hybridized carbons (Fsp3) is 0.333. The summed E-state index contributed by atoms with van der Waals surface area (Å²) in [4.78, 5) is 14.0. The number of rotatable bonds is 3. The summed E-state index contributed by atoms with van der Waals surface area (Å²) >= 11 is 3.18. The molecule has 11 heavy (non-hydrogen) atoms. The van der Waals surface area contributed by atoms with Crippen molar-refractivity contribution in [2.75, 3.05) is 0 Å². The van der Waals surface area contributed by atoms with E-state index < -0.39 is 5.97 Å². The quantitative estimate of drug-likeness (QED) is 0.828. The number of imidazole rings is 1. The number of nitrogens with zero attached hydrogens (tertiary/aromatic N) is 2. The maximum atomic E-state index is 10.2. The Kier molecular flexibility index (Phi) is 2.64. The second kappa shape index (κ2) is 3.52. The Hall–Kier alpha value is -0.840. The van der Waals surface area contributed by atoms with E-state index in [1.165, 1.54) is 0 Å². The fourth-order valence-electron chi connectivity index (χ4n) is 0.694. The van der Waals surface area contributed by atoms with Crippen LogP contribution in [0.5, 0.6) is 0 Å². The van der Waals surface area contributed by atoms with Gasteiger partial charge in [-0.25, -0.2) is 4.98 Å². The van der Waals surface area contributed by atoms with Crippen LogP contribution in [0.15, 0.2) is 17.1 Å². The lowest BCUT2D eigenvalue weighted by Gasteiger charge is -1.98. The van der Waals surface area contributed by atoms with Gasteiger partial charge in [-0.05, 0) is 15.9 Å². The molecule has 1 rings (SSSR count). The van der Waals surface area contributed by atoms with Crippen LogP contribution >= 0.6 is 15.9 Å². The molecule has 0 aromatic carbocycles. The van der Waals surface area contributed by atoms with Gasteiger partial charge in [0.25, 0.3) is 0 Å². The van der Waals surface area contributed by atoms with Gasteiger partial charge in [-0.1, -0.05) is 0 Å². The van der Waals surface area contributed by atoms with Gasteiger partial charge < -0.3 is 9.67 Å². The van der Waals surface area contributed by atoms with E-state index in [0.29, 0.717) is 11.3 Å². The number of hydrogen-bond acceptors (Lipinski definition) is 2. The summed E-state index contributed by atoms with van der Waals surface area (Å²) in [5.74, 6) is -0.800. The number of aliphatic carboxylic acids is 1. The molecule has 0 aliphatic heterocycles. The summed E-state index contributed by atoms with van der Waals surface area (Å²) in [5, 5.41) is 8.35. The summed E-state index contributed by atoms with van der Waals surface area (Å²) in [6.07, 6.45) is 3.47. The largest absolute Gasteiger partial charge is 0.481 e. The van der Waals surface area contributed by atoms with Gasteiger partial charge in [-0.2, -0.15) is 0 Å². The normalized spacial score (nSPS) is 9.91. The number of carbonyl (C=O) groups is 1. The van der Waals surface area contributed by atoms with E-state index in [9.17, 15) is 4.79 Å². The molecule has 1 aromatic heterocycles.